The highest BCUT2D eigenvalue weighted by Crippen LogP contribution is 2.24. The van der Waals surface area contributed by atoms with Crippen LogP contribution in [0.2, 0.25) is 0 Å². The van der Waals surface area contributed by atoms with Gasteiger partial charge in [0.2, 0.25) is 5.91 Å². The number of primary amides is 1. The van der Waals surface area contributed by atoms with Crippen LogP contribution in [-0.4, -0.2) is 29.2 Å². The zero-order valence-electron chi connectivity index (χ0n) is 12.9. The van der Waals surface area contributed by atoms with E-state index < -0.39 is 18.0 Å². The molecule has 1 aromatic carbocycles. The van der Waals surface area contributed by atoms with E-state index in [-0.39, 0.29) is 18.7 Å². The number of nitrogens with two attached hydrogens (primary N) is 1. The quantitative estimate of drug-likeness (QED) is 0.795. The lowest BCUT2D eigenvalue weighted by Gasteiger charge is -2.15. The minimum absolute atomic E-state index is 0.195. The zero-order chi connectivity index (χ0) is 17.0. The van der Waals surface area contributed by atoms with Crippen molar-refractivity contribution in [1.82, 2.24) is 4.57 Å². The highest BCUT2D eigenvalue weighted by atomic mass is 16.6. The van der Waals surface area contributed by atoms with E-state index in [4.69, 9.17) is 15.2 Å². The summed E-state index contributed by atoms with van der Waals surface area (Å²) in [4.78, 5) is 35.0. The molecule has 0 aliphatic heterocycles. The Balaban J connectivity index is 2.39. The molecule has 2 aromatic rings. The van der Waals surface area contributed by atoms with Gasteiger partial charge in [-0.2, -0.15) is 0 Å². The Morgan fingerprint density at radius 1 is 1.26 bits per heavy atom. The van der Waals surface area contributed by atoms with Crippen molar-refractivity contribution in [2.24, 2.45) is 5.73 Å². The first-order valence-corrected chi connectivity index (χ1v) is 7.17. The predicted molar refractivity (Wildman–Crippen MR) is 84.1 cm³/mol. The number of aromatic nitrogens is 1. The molecule has 0 aliphatic carbocycles. The van der Waals surface area contributed by atoms with E-state index in [9.17, 15) is 14.4 Å². The molecule has 1 unspecified atom stereocenters. The molecular formula is C16H18N2O5. The van der Waals surface area contributed by atoms with E-state index in [0.29, 0.717) is 16.5 Å². The van der Waals surface area contributed by atoms with Gasteiger partial charge in [0, 0.05) is 11.6 Å². The molecule has 7 nitrogen and oxygen atoms in total. The third-order valence-corrected chi connectivity index (χ3v) is 3.23. The Morgan fingerprint density at radius 2 is 2.00 bits per heavy atom. The number of rotatable bonds is 6. The van der Waals surface area contributed by atoms with Gasteiger partial charge in [0.25, 0.3) is 5.56 Å². The van der Waals surface area contributed by atoms with Crippen molar-refractivity contribution >= 4 is 22.6 Å². The second-order valence-electron chi connectivity index (χ2n) is 4.94. The molecule has 0 fully saturated rings. The summed E-state index contributed by atoms with van der Waals surface area (Å²) in [5.74, 6) is -0.687. The van der Waals surface area contributed by atoms with Crippen LogP contribution in [0.5, 0.6) is 5.75 Å². The Labute approximate surface area is 132 Å². The standard InChI is InChI=1S/C16H18N2O5/c1-3-22-16(21)10(2)23-13-6-4-5-12-11(13)7-8-18(15(12)20)9-14(17)19/h4-8,10H,3,9H2,1-2H3,(H2,17,19). The van der Waals surface area contributed by atoms with Gasteiger partial charge in [-0.1, -0.05) is 6.07 Å². The highest BCUT2D eigenvalue weighted by Gasteiger charge is 2.17. The number of carbonyl (C=O) groups is 2. The SMILES string of the molecule is CCOC(=O)C(C)Oc1cccc2c(=O)n(CC(N)=O)ccc12. The van der Waals surface area contributed by atoms with E-state index in [2.05, 4.69) is 0 Å². The van der Waals surface area contributed by atoms with Crippen molar-refractivity contribution in [3.8, 4) is 5.75 Å². The van der Waals surface area contributed by atoms with Gasteiger partial charge in [-0.25, -0.2) is 4.79 Å². The van der Waals surface area contributed by atoms with E-state index in [1.54, 1.807) is 38.1 Å². The van der Waals surface area contributed by atoms with Gasteiger partial charge >= 0.3 is 5.97 Å². The number of hydrogen-bond donors (Lipinski definition) is 1. The van der Waals surface area contributed by atoms with Gasteiger partial charge in [0.1, 0.15) is 12.3 Å². The molecule has 2 rings (SSSR count). The van der Waals surface area contributed by atoms with Gasteiger partial charge in [-0.15, -0.1) is 0 Å². The number of amides is 1. The molecule has 0 aliphatic rings. The lowest BCUT2D eigenvalue weighted by Crippen LogP contribution is -2.28. The van der Waals surface area contributed by atoms with Crippen molar-refractivity contribution in [3.05, 3.63) is 40.8 Å². The molecular weight excluding hydrogens is 300 g/mol. The van der Waals surface area contributed by atoms with Crippen molar-refractivity contribution in [3.63, 3.8) is 0 Å². The first kappa shape index (κ1) is 16.5. The largest absolute Gasteiger partial charge is 0.478 e. The van der Waals surface area contributed by atoms with Crippen LogP contribution in [0.4, 0.5) is 0 Å². The summed E-state index contributed by atoms with van der Waals surface area (Å²) in [5, 5.41) is 0.927. The van der Waals surface area contributed by atoms with Crippen molar-refractivity contribution in [1.29, 1.82) is 0 Å². The number of fused-ring (bicyclic) bond motifs is 1. The van der Waals surface area contributed by atoms with E-state index in [1.807, 2.05) is 0 Å². The van der Waals surface area contributed by atoms with E-state index in [0.717, 1.165) is 0 Å². The first-order chi connectivity index (χ1) is 10.9. The van der Waals surface area contributed by atoms with Crippen LogP contribution < -0.4 is 16.0 Å². The number of pyridine rings is 1. The number of hydrogen-bond acceptors (Lipinski definition) is 5. The first-order valence-electron chi connectivity index (χ1n) is 7.17. The average molecular weight is 318 g/mol. The topological polar surface area (TPSA) is 101 Å². The van der Waals surface area contributed by atoms with Gasteiger partial charge in [0.15, 0.2) is 6.10 Å². The van der Waals surface area contributed by atoms with Crippen molar-refractivity contribution in [2.45, 2.75) is 26.5 Å². The second-order valence-corrected chi connectivity index (χ2v) is 4.94. The molecule has 1 amide bonds. The van der Waals surface area contributed by atoms with Crippen molar-refractivity contribution in [2.75, 3.05) is 6.61 Å². The highest BCUT2D eigenvalue weighted by molar-refractivity contribution is 5.88. The maximum Gasteiger partial charge on any atom is 0.347 e. The fourth-order valence-corrected chi connectivity index (χ4v) is 2.18. The summed E-state index contributed by atoms with van der Waals surface area (Å²) in [6, 6.07) is 6.57. The monoisotopic (exact) mass is 318 g/mol. The van der Waals surface area contributed by atoms with Crippen LogP contribution in [-0.2, 0) is 20.9 Å². The average Bonchev–Trinajstić information content (AvgIpc) is 2.50. The van der Waals surface area contributed by atoms with E-state index >= 15 is 0 Å². The molecule has 1 atom stereocenters. The van der Waals surface area contributed by atoms with Crippen LogP contribution in [0.3, 0.4) is 0 Å². The summed E-state index contributed by atoms with van der Waals surface area (Å²) in [7, 11) is 0. The fraction of sp³-hybridized carbons (Fsp3) is 0.312. The van der Waals surface area contributed by atoms with Gasteiger partial charge in [-0.3, -0.25) is 9.59 Å². The lowest BCUT2D eigenvalue weighted by atomic mass is 10.1. The van der Waals surface area contributed by atoms with Gasteiger partial charge in [-0.05, 0) is 32.0 Å². The molecule has 1 aromatic heterocycles. The lowest BCUT2D eigenvalue weighted by molar-refractivity contribution is -0.150. The molecule has 7 heteroatoms. The van der Waals surface area contributed by atoms with E-state index in [1.165, 1.54) is 10.8 Å². The summed E-state index contributed by atoms with van der Waals surface area (Å²) in [6.45, 7) is 3.36. The molecule has 23 heavy (non-hydrogen) atoms. The molecule has 0 spiro atoms. The maximum atomic E-state index is 12.3. The second kappa shape index (κ2) is 6.95. The smallest absolute Gasteiger partial charge is 0.347 e. The summed E-state index contributed by atoms with van der Waals surface area (Å²) in [6.07, 6.45) is 0.672. The predicted octanol–water partition coefficient (Wildman–Crippen LogP) is 0.817. The fourth-order valence-electron chi connectivity index (χ4n) is 2.18. The van der Waals surface area contributed by atoms with Crippen LogP contribution in [0.1, 0.15) is 13.8 Å². The third kappa shape index (κ3) is 3.68. The number of ether oxygens (including phenoxy) is 2. The number of esters is 1. The molecule has 0 bridgehead atoms. The molecule has 1 heterocycles. The Kier molecular flexibility index (Phi) is 5.00. The van der Waals surface area contributed by atoms with Crippen LogP contribution in [0, 0.1) is 0 Å². The normalized spacial score (nSPS) is 11.9. The van der Waals surface area contributed by atoms with Gasteiger partial charge < -0.3 is 19.8 Å². The minimum Gasteiger partial charge on any atom is -0.478 e. The summed E-state index contributed by atoms with van der Waals surface area (Å²) in [5.41, 5.74) is 4.77. The number of carbonyl (C=O) groups excluding carboxylic acids is 2. The van der Waals surface area contributed by atoms with Crippen LogP contribution >= 0.6 is 0 Å². The molecule has 0 saturated carbocycles. The van der Waals surface area contributed by atoms with Gasteiger partial charge in [0.05, 0.1) is 12.0 Å². The zero-order valence-corrected chi connectivity index (χ0v) is 12.9. The number of benzene rings is 1. The summed E-state index contributed by atoms with van der Waals surface area (Å²) < 4.78 is 11.7. The Bertz CT molecular complexity index is 797. The van der Waals surface area contributed by atoms with Crippen LogP contribution in [0.25, 0.3) is 10.8 Å². The minimum atomic E-state index is -0.798. The molecule has 0 saturated heterocycles. The molecule has 2 N–H and O–H groups in total. The summed E-state index contributed by atoms with van der Waals surface area (Å²) >= 11 is 0. The number of nitrogens with zero attached hydrogens (tertiary/aromatic N) is 1. The third-order valence-electron chi connectivity index (χ3n) is 3.23. The Hall–Kier alpha value is -2.83. The van der Waals surface area contributed by atoms with Crippen LogP contribution in [0.15, 0.2) is 35.3 Å². The molecule has 122 valence electrons. The Morgan fingerprint density at radius 3 is 2.65 bits per heavy atom. The maximum absolute atomic E-state index is 12.3. The molecule has 0 radical (unpaired) electrons. The van der Waals surface area contributed by atoms with Crippen molar-refractivity contribution < 1.29 is 19.1 Å².